The summed E-state index contributed by atoms with van der Waals surface area (Å²) in [6, 6.07) is 0.628. The van der Waals surface area contributed by atoms with Crippen LogP contribution in [0, 0.1) is 11.8 Å². The summed E-state index contributed by atoms with van der Waals surface area (Å²) in [5.74, 6) is 6.00. The van der Waals surface area contributed by atoms with Crippen molar-refractivity contribution in [3.63, 3.8) is 0 Å². The van der Waals surface area contributed by atoms with E-state index in [1.54, 1.807) is 0 Å². The summed E-state index contributed by atoms with van der Waals surface area (Å²) in [7, 11) is 0. The first-order valence-corrected chi connectivity index (χ1v) is 4.72. The number of rotatable bonds is 3. The van der Waals surface area contributed by atoms with Crippen molar-refractivity contribution in [2.75, 3.05) is 19.6 Å². The zero-order chi connectivity index (χ0) is 8.81. The van der Waals surface area contributed by atoms with Gasteiger partial charge in [-0.15, -0.1) is 11.8 Å². The number of hydrogen-bond acceptors (Lipinski definition) is 2. The van der Waals surface area contributed by atoms with Gasteiger partial charge in [0.1, 0.15) is 0 Å². The van der Waals surface area contributed by atoms with Crippen LogP contribution in [-0.2, 0) is 0 Å². The Balaban J connectivity index is 2.24. The minimum Gasteiger partial charge on any atom is -0.329 e. The molecule has 1 heterocycles. The third kappa shape index (κ3) is 2.51. The molecule has 2 N–H and O–H groups in total. The summed E-state index contributed by atoms with van der Waals surface area (Å²) in [5.41, 5.74) is 5.65. The van der Waals surface area contributed by atoms with Crippen LogP contribution in [0.1, 0.15) is 26.2 Å². The SMILES string of the molecule is CC#CCCN1CCCC1CN. The van der Waals surface area contributed by atoms with E-state index >= 15 is 0 Å². The fourth-order valence-electron chi connectivity index (χ4n) is 1.78. The van der Waals surface area contributed by atoms with Gasteiger partial charge < -0.3 is 5.73 Å². The third-order valence-electron chi connectivity index (χ3n) is 2.47. The van der Waals surface area contributed by atoms with E-state index in [1.807, 2.05) is 6.92 Å². The van der Waals surface area contributed by atoms with Gasteiger partial charge in [-0.05, 0) is 26.3 Å². The molecule has 0 bridgehead atoms. The van der Waals surface area contributed by atoms with E-state index < -0.39 is 0 Å². The van der Waals surface area contributed by atoms with Crippen molar-refractivity contribution in [2.24, 2.45) is 5.73 Å². The van der Waals surface area contributed by atoms with Gasteiger partial charge in [-0.25, -0.2) is 0 Å². The molecule has 0 saturated carbocycles. The predicted molar refractivity (Wildman–Crippen MR) is 51.7 cm³/mol. The predicted octanol–water partition coefficient (Wildman–Crippen LogP) is 0.823. The number of nitrogens with zero attached hydrogens (tertiary/aromatic N) is 1. The first kappa shape index (κ1) is 9.57. The van der Waals surface area contributed by atoms with Crippen LogP contribution in [0.4, 0.5) is 0 Å². The molecule has 68 valence electrons. The fourth-order valence-corrected chi connectivity index (χ4v) is 1.78. The van der Waals surface area contributed by atoms with Gasteiger partial charge in [-0.1, -0.05) is 0 Å². The molecule has 1 unspecified atom stereocenters. The zero-order valence-corrected chi connectivity index (χ0v) is 7.84. The Morgan fingerprint density at radius 2 is 2.42 bits per heavy atom. The molecule has 1 atom stereocenters. The molecule has 1 aliphatic rings. The van der Waals surface area contributed by atoms with E-state index in [0.717, 1.165) is 19.5 Å². The summed E-state index contributed by atoms with van der Waals surface area (Å²) in [6.45, 7) is 5.01. The lowest BCUT2D eigenvalue weighted by molar-refractivity contribution is 0.265. The minimum atomic E-state index is 0.628. The highest BCUT2D eigenvalue weighted by atomic mass is 15.2. The maximum atomic E-state index is 5.65. The Hall–Kier alpha value is -0.520. The van der Waals surface area contributed by atoms with Crippen LogP contribution >= 0.6 is 0 Å². The first-order chi connectivity index (χ1) is 5.88. The molecule has 2 nitrogen and oxygen atoms in total. The molecule has 2 heteroatoms. The molecule has 0 spiro atoms. The van der Waals surface area contributed by atoms with Gasteiger partial charge >= 0.3 is 0 Å². The Labute approximate surface area is 75.1 Å². The lowest BCUT2D eigenvalue weighted by Gasteiger charge is -2.21. The van der Waals surface area contributed by atoms with Crippen LogP contribution in [0.15, 0.2) is 0 Å². The molecule has 0 aromatic carbocycles. The summed E-state index contributed by atoms with van der Waals surface area (Å²) >= 11 is 0. The van der Waals surface area contributed by atoms with Crippen molar-refractivity contribution in [1.82, 2.24) is 4.90 Å². The van der Waals surface area contributed by atoms with E-state index in [-0.39, 0.29) is 0 Å². The van der Waals surface area contributed by atoms with Crippen LogP contribution in [0.3, 0.4) is 0 Å². The van der Waals surface area contributed by atoms with Gasteiger partial charge in [0.25, 0.3) is 0 Å². The molecule has 0 aliphatic carbocycles. The second kappa shape index (κ2) is 5.18. The molecule has 1 saturated heterocycles. The Morgan fingerprint density at radius 1 is 1.58 bits per heavy atom. The molecule has 1 rings (SSSR count). The van der Waals surface area contributed by atoms with Crippen LogP contribution in [0.25, 0.3) is 0 Å². The van der Waals surface area contributed by atoms with E-state index in [0.29, 0.717) is 6.04 Å². The Kier molecular flexibility index (Phi) is 4.13. The minimum absolute atomic E-state index is 0.628. The van der Waals surface area contributed by atoms with Crippen LogP contribution < -0.4 is 5.73 Å². The van der Waals surface area contributed by atoms with E-state index in [4.69, 9.17) is 5.73 Å². The second-order valence-electron chi connectivity index (χ2n) is 3.24. The van der Waals surface area contributed by atoms with Gasteiger partial charge in [0, 0.05) is 25.6 Å². The van der Waals surface area contributed by atoms with Gasteiger partial charge in [0.05, 0.1) is 0 Å². The average Bonchev–Trinajstić information content (AvgIpc) is 2.52. The average molecular weight is 166 g/mol. The summed E-state index contributed by atoms with van der Waals surface area (Å²) < 4.78 is 0. The maximum Gasteiger partial charge on any atom is 0.0219 e. The van der Waals surface area contributed by atoms with Crippen molar-refractivity contribution >= 4 is 0 Å². The van der Waals surface area contributed by atoms with Crippen molar-refractivity contribution in [1.29, 1.82) is 0 Å². The monoisotopic (exact) mass is 166 g/mol. The van der Waals surface area contributed by atoms with Gasteiger partial charge in [0.15, 0.2) is 0 Å². The summed E-state index contributed by atoms with van der Waals surface area (Å²) in [6.07, 6.45) is 3.57. The topological polar surface area (TPSA) is 29.3 Å². The largest absolute Gasteiger partial charge is 0.329 e. The number of hydrogen-bond donors (Lipinski definition) is 1. The lowest BCUT2D eigenvalue weighted by atomic mass is 10.2. The number of nitrogens with two attached hydrogens (primary N) is 1. The smallest absolute Gasteiger partial charge is 0.0219 e. The van der Waals surface area contributed by atoms with Gasteiger partial charge in [0.2, 0.25) is 0 Å². The van der Waals surface area contributed by atoms with Gasteiger partial charge in [-0.3, -0.25) is 4.90 Å². The zero-order valence-electron chi connectivity index (χ0n) is 7.84. The highest BCUT2D eigenvalue weighted by Crippen LogP contribution is 2.15. The lowest BCUT2D eigenvalue weighted by Crippen LogP contribution is -2.35. The van der Waals surface area contributed by atoms with Crippen LogP contribution in [-0.4, -0.2) is 30.6 Å². The molecular weight excluding hydrogens is 148 g/mol. The molecule has 0 amide bonds. The molecule has 1 fully saturated rings. The van der Waals surface area contributed by atoms with E-state index in [1.165, 1.54) is 19.4 Å². The molecular formula is C10H18N2. The summed E-state index contributed by atoms with van der Waals surface area (Å²) in [5, 5.41) is 0. The standard InChI is InChI=1S/C10H18N2/c1-2-3-4-7-12-8-5-6-10(12)9-11/h10H,4-9,11H2,1H3. The van der Waals surface area contributed by atoms with E-state index in [9.17, 15) is 0 Å². The highest BCUT2D eigenvalue weighted by molar-refractivity contribution is 4.96. The van der Waals surface area contributed by atoms with Crippen molar-refractivity contribution in [2.45, 2.75) is 32.2 Å². The first-order valence-electron chi connectivity index (χ1n) is 4.72. The van der Waals surface area contributed by atoms with Gasteiger partial charge in [-0.2, -0.15) is 0 Å². The van der Waals surface area contributed by atoms with Crippen molar-refractivity contribution in [3.05, 3.63) is 0 Å². The van der Waals surface area contributed by atoms with Crippen LogP contribution in [0.2, 0.25) is 0 Å². The number of likely N-dealkylation sites (tertiary alicyclic amines) is 1. The highest BCUT2D eigenvalue weighted by Gasteiger charge is 2.21. The van der Waals surface area contributed by atoms with Crippen molar-refractivity contribution in [3.8, 4) is 11.8 Å². The van der Waals surface area contributed by atoms with Crippen molar-refractivity contribution < 1.29 is 0 Å². The third-order valence-corrected chi connectivity index (χ3v) is 2.47. The maximum absolute atomic E-state index is 5.65. The Bertz CT molecular complexity index is 178. The normalized spacial score (nSPS) is 23.7. The quantitative estimate of drug-likeness (QED) is 0.629. The molecule has 12 heavy (non-hydrogen) atoms. The summed E-state index contributed by atoms with van der Waals surface area (Å²) in [4.78, 5) is 2.46. The van der Waals surface area contributed by atoms with E-state index in [2.05, 4.69) is 16.7 Å². The fraction of sp³-hybridized carbons (Fsp3) is 0.800. The molecule has 0 aromatic rings. The molecule has 0 aromatic heterocycles. The van der Waals surface area contributed by atoms with Crippen LogP contribution in [0.5, 0.6) is 0 Å². The Morgan fingerprint density at radius 3 is 3.08 bits per heavy atom. The second-order valence-corrected chi connectivity index (χ2v) is 3.24. The molecule has 0 radical (unpaired) electrons. The molecule has 1 aliphatic heterocycles.